The van der Waals surface area contributed by atoms with Crippen molar-refractivity contribution in [2.24, 2.45) is 0 Å². The van der Waals surface area contributed by atoms with Crippen LogP contribution in [0.2, 0.25) is 0 Å². The fourth-order valence-electron chi connectivity index (χ4n) is 4.09. The first-order chi connectivity index (χ1) is 14.4. The highest BCUT2D eigenvalue weighted by Gasteiger charge is 2.50. The Hall–Kier alpha value is -2.88. The van der Waals surface area contributed by atoms with E-state index in [4.69, 9.17) is 19.9 Å². The Balaban J connectivity index is 1.44. The molecule has 3 aromatic rings. The Kier molecular flexibility index (Phi) is 4.53. The first kappa shape index (κ1) is 19.1. The summed E-state index contributed by atoms with van der Waals surface area (Å²) in [5, 5.41) is 0. The van der Waals surface area contributed by atoms with Crippen molar-refractivity contribution < 1.29 is 18.6 Å². The number of nitrogen functional groups attached to an aromatic ring is 1. The number of rotatable bonds is 5. The van der Waals surface area contributed by atoms with Crippen LogP contribution in [0.4, 0.5) is 10.2 Å². The van der Waals surface area contributed by atoms with Gasteiger partial charge in [0, 0.05) is 0 Å². The average molecular weight is 411 g/mol. The second-order valence-corrected chi connectivity index (χ2v) is 7.93. The Morgan fingerprint density at radius 2 is 1.97 bits per heavy atom. The van der Waals surface area contributed by atoms with Crippen molar-refractivity contribution in [3.05, 3.63) is 59.9 Å². The molecule has 3 heterocycles. The second kappa shape index (κ2) is 7.12. The standard InChI is InChI=1S/C21H22FN5O3/c1-21(2)29-16-13(10-28-9-12-6-4-3-5-7-12)8-14(17(16)30-21)27-11-24-15-18(23)25-20(22)26-19(15)27/h3-8,11,14,16-17H,9-10H2,1-2H3,(H2,23,25,26)/t14-,16-,17+/m1/s1. The molecular weight excluding hydrogens is 389 g/mol. The number of hydrogen-bond acceptors (Lipinski definition) is 7. The molecule has 0 bridgehead atoms. The number of aromatic nitrogens is 4. The molecule has 156 valence electrons. The summed E-state index contributed by atoms with van der Waals surface area (Å²) in [4.78, 5) is 11.7. The zero-order valence-corrected chi connectivity index (χ0v) is 16.7. The number of benzene rings is 1. The van der Waals surface area contributed by atoms with E-state index in [0.717, 1.165) is 11.1 Å². The van der Waals surface area contributed by atoms with Gasteiger partial charge in [-0.3, -0.25) is 0 Å². The van der Waals surface area contributed by atoms with Gasteiger partial charge in [0.1, 0.15) is 17.7 Å². The van der Waals surface area contributed by atoms with Crippen molar-refractivity contribution in [2.75, 3.05) is 12.3 Å². The van der Waals surface area contributed by atoms with Gasteiger partial charge in [0.25, 0.3) is 0 Å². The zero-order chi connectivity index (χ0) is 20.9. The molecule has 3 atom stereocenters. The maximum absolute atomic E-state index is 13.8. The number of nitrogens with two attached hydrogens (primary N) is 1. The number of hydrogen-bond donors (Lipinski definition) is 1. The Morgan fingerprint density at radius 1 is 1.17 bits per heavy atom. The lowest BCUT2D eigenvalue weighted by Crippen LogP contribution is -2.28. The summed E-state index contributed by atoms with van der Waals surface area (Å²) in [6, 6.07) is 9.68. The van der Waals surface area contributed by atoms with E-state index in [0.29, 0.717) is 24.4 Å². The third kappa shape index (κ3) is 3.34. The van der Waals surface area contributed by atoms with Crippen LogP contribution >= 0.6 is 0 Å². The van der Waals surface area contributed by atoms with Gasteiger partial charge >= 0.3 is 6.08 Å². The maximum atomic E-state index is 13.8. The lowest BCUT2D eigenvalue weighted by atomic mass is 10.1. The van der Waals surface area contributed by atoms with E-state index >= 15 is 0 Å². The number of ether oxygens (including phenoxy) is 3. The Bertz CT molecular complexity index is 1110. The smallest absolute Gasteiger partial charge is 0.312 e. The molecule has 1 saturated heterocycles. The molecule has 0 spiro atoms. The number of anilines is 1. The molecule has 1 aromatic carbocycles. The molecule has 5 rings (SSSR count). The summed E-state index contributed by atoms with van der Waals surface area (Å²) < 4.78 is 33.8. The normalized spacial score (nSPS) is 24.9. The van der Waals surface area contributed by atoms with E-state index in [1.54, 1.807) is 10.9 Å². The zero-order valence-electron chi connectivity index (χ0n) is 16.7. The van der Waals surface area contributed by atoms with Crippen LogP contribution in [-0.4, -0.2) is 44.1 Å². The topological polar surface area (TPSA) is 97.3 Å². The van der Waals surface area contributed by atoms with Crippen molar-refractivity contribution in [2.45, 2.75) is 44.5 Å². The Morgan fingerprint density at radius 3 is 2.77 bits per heavy atom. The predicted molar refractivity (Wildman–Crippen MR) is 107 cm³/mol. The van der Waals surface area contributed by atoms with Gasteiger partial charge in [-0.25, -0.2) is 4.98 Å². The molecule has 0 amide bonds. The van der Waals surface area contributed by atoms with E-state index in [9.17, 15) is 4.39 Å². The van der Waals surface area contributed by atoms with Crippen LogP contribution < -0.4 is 5.73 Å². The van der Waals surface area contributed by atoms with Crippen LogP contribution in [0, 0.1) is 6.08 Å². The lowest BCUT2D eigenvalue weighted by molar-refractivity contribution is -0.148. The highest BCUT2D eigenvalue weighted by atomic mass is 19.1. The van der Waals surface area contributed by atoms with Gasteiger partial charge in [0.05, 0.1) is 25.6 Å². The number of imidazole rings is 1. The van der Waals surface area contributed by atoms with Crippen molar-refractivity contribution in [1.29, 1.82) is 0 Å². The highest BCUT2D eigenvalue weighted by Crippen LogP contribution is 2.44. The van der Waals surface area contributed by atoms with Gasteiger partial charge in [0.2, 0.25) is 0 Å². The molecule has 0 saturated carbocycles. The molecule has 0 radical (unpaired) electrons. The van der Waals surface area contributed by atoms with Gasteiger partial charge in [-0.15, -0.1) is 0 Å². The van der Waals surface area contributed by atoms with Crippen LogP contribution in [0.25, 0.3) is 11.2 Å². The molecule has 30 heavy (non-hydrogen) atoms. The van der Waals surface area contributed by atoms with Crippen molar-refractivity contribution in [1.82, 2.24) is 19.5 Å². The minimum atomic E-state index is -0.893. The van der Waals surface area contributed by atoms with Crippen LogP contribution in [0.1, 0.15) is 25.5 Å². The molecule has 0 unspecified atom stereocenters. The molecule has 1 aliphatic carbocycles. The van der Waals surface area contributed by atoms with E-state index in [1.165, 1.54) is 0 Å². The SMILES string of the molecule is CC1(C)O[C@@H]2[C@H](O1)C(COCc1ccccc1)=C[C@H]2n1cnc2c(N)nc(F)nc21. The third-order valence-electron chi connectivity index (χ3n) is 5.34. The van der Waals surface area contributed by atoms with Crippen LogP contribution in [0.5, 0.6) is 0 Å². The number of halogens is 1. The molecular formula is C21H22FN5O3. The van der Waals surface area contributed by atoms with Crippen molar-refractivity contribution >= 4 is 17.0 Å². The van der Waals surface area contributed by atoms with Gasteiger partial charge < -0.3 is 24.5 Å². The van der Waals surface area contributed by atoms with E-state index < -0.39 is 11.9 Å². The van der Waals surface area contributed by atoms with Gasteiger partial charge in [-0.1, -0.05) is 36.4 Å². The molecule has 9 heteroatoms. The number of fused-ring (bicyclic) bond motifs is 2. The van der Waals surface area contributed by atoms with Crippen LogP contribution in [-0.2, 0) is 20.8 Å². The quantitative estimate of drug-likeness (QED) is 0.509. The average Bonchev–Trinajstić information content (AvgIpc) is 3.34. The summed E-state index contributed by atoms with van der Waals surface area (Å²) in [7, 11) is 0. The van der Waals surface area contributed by atoms with E-state index in [2.05, 4.69) is 15.0 Å². The van der Waals surface area contributed by atoms with E-state index in [-0.39, 0.29) is 24.1 Å². The minimum Gasteiger partial charge on any atom is -0.382 e. The van der Waals surface area contributed by atoms with E-state index in [1.807, 2.05) is 50.3 Å². The van der Waals surface area contributed by atoms with Gasteiger partial charge in [-0.05, 0) is 25.0 Å². The van der Waals surface area contributed by atoms with Gasteiger partial charge in [-0.2, -0.15) is 14.4 Å². The number of nitrogens with zero attached hydrogens (tertiary/aromatic N) is 4. The predicted octanol–water partition coefficient (Wildman–Crippen LogP) is 2.77. The maximum Gasteiger partial charge on any atom is 0.312 e. The summed E-state index contributed by atoms with van der Waals surface area (Å²) in [5.74, 6) is -0.743. The lowest BCUT2D eigenvalue weighted by Gasteiger charge is -2.21. The minimum absolute atomic E-state index is 0.00474. The molecule has 1 fully saturated rings. The van der Waals surface area contributed by atoms with Gasteiger partial charge in [0.15, 0.2) is 17.3 Å². The second-order valence-electron chi connectivity index (χ2n) is 7.93. The fourth-order valence-corrected chi connectivity index (χ4v) is 4.09. The third-order valence-corrected chi connectivity index (χ3v) is 5.34. The van der Waals surface area contributed by atoms with Crippen LogP contribution in [0.15, 0.2) is 48.3 Å². The molecule has 2 aliphatic rings. The summed E-state index contributed by atoms with van der Waals surface area (Å²) >= 11 is 0. The summed E-state index contributed by atoms with van der Waals surface area (Å²) in [6.45, 7) is 4.63. The Labute approximate surface area is 172 Å². The highest BCUT2D eigenvalue weighted by molar-refractivity contribution is 5.81. The van der Waals surface area contributed by atoms with Crippen molar-refractivity contribution in [3.63, 3.8) is 0 Å². The monoisotopic (exact) mass is 411 g/mol. The van der Waals surface area contributed by atoms with Crippen LogP contribution in [0.3, 0.4) is 0 Å². The molecule has 8 nitrogen and oxygen atoms in total. The molecule has 2 N–H and O–H groups in total. The molecule has 2 aromatic heterocycles. The summed E-state index contributed by atoms with van der Waals surface area (Å²) in [5.41, 5.74) is 8.55. The first-order valence-electron chi connectivity index (χ1n) is 9.75. The molecule has 1 aliphatic heterocycles. The largest absolute Gasteiger partial charge is 0.382 e. The summed E-state index contributed by atoms with van der Waals surface area (Å²) in [6.07, 6.45) is 2.12. The first-order valence-corrected chi connectivity index (χ1v) is 9.75. The van der Waals surface area contributed by atoms with Crippen molar-refractivity contribution in [3.8, 4) is 0 Å². The fraction of sp³-hybridized carbons (Fsp3) is 0.381.